The molecule has 0 aromatic carbocycles. The van der Waals surface area contributed by atoms with Gasteiger partial charge in [-0.15, -0.1) is 0 Å². The molecule has 0 aromatic rings. The fourth-order valence-corrected chi connectivity index (χ4v) is 1.72. The third-order valence-electron chi connectivity index (χ3n) is 1.14. The van der Waals surface area contributed by atoms with Gasteiger partial charge in [-0.3, -0.25) is 0 Å². The van der Waals surface area contributed by atoms with E-state index in [0.717, 1.165) is 6.61 Å². The summed E-state index contributed by atoms with van der Waals surface area (Å²) in [6.07, 6.45) is 1.23. The van der Waals surface area contributed by atoms with Crippen molar-refractivity contribution in [1.29, 1.82) is 0 Å². The average Bonchev–Trinajstić information content (AvgIpc) is 1.69. The molecule has 0 aliphatic carbocycles. The van der Waals surface area contributed by atoms with Crippen molar-refractivity contribution in [3.05, 3.63) is 0 Å². The predicted octanol–water partition coefficient (Wildman–Crippen LogP) is -0.395. The van der Waals surface area contributed by atoms with Crippen molar-refractivity contribution in [2.45, 2.75) is 6.42 Å². The first-order valence-electron chi connectivity index (χ1n) is 2.66. The van der Waals surface area contributed by atoms with Gasteiger partial charge in [0, 0.05) is 6.61 Å². The Morgan fingerprint density at radius 3 is 2.86 bits per heavy atom. The lowest BCUT2D eigenvalue weighted by Gasteiger charge is -2.20. The second-order valence-corrected chi connectivity index (χ2v) is 3.72. The van der Waals surface area contributed by atoms with Gasteiger partial charge >= 0.3 is 15.8 Å². The maximum atomic E-state index is 5.25. The van der Waals surface area contributed by atoms with E-state index in [9.17, 15) is 0 Å². The maximum Gasteiger partial charge on any atom is 0.554 e. The summed E-state index contributed by atoms with van der Waals surface area (Å²) in [5, 5.41) is 0. The van der Waals surface area contributed by atoms with Crippen LogP contribution in [0.2, 0.25) is 0 Å². The van der Waals surface area contributed by atoms with Crippen LogP contribution in [0.3, 0.4) is 0 Å². The van der Waals surface area contributed by atoms with Crippen LogP contribution in [-0.4, -0.2) is 39.9 Å². The van der Waals surface area contributed by atoms with Gasteiger partial charge < -0.3 is 7.67 Å². The minimum Gasteiger partial charge on any atom is -0.491 e. The first kappa shape index (κ1) is 5.59. The van der Waals surface area contributed by atoms with Gasteiger partial charge in [-0.05, 0) is 20.0 Å². The normalized spacial score (nSPS) is 24.1. The second kappa shape index (κ2) is 2.69. The first-order chi connectivity index (χ1) is 3.39. The van der Waals surface area contributed by atoms with Crippen molar-refractivity contribution < 1.29 is 3.79 Å². The van der Waals surface area contributed by atoms with Gasteiger partial charge in [0.1, 0.15) is 0 Å². The lowest BCUT2D eigenvalue weighted by Crippen LogP contribution is -2.32. The molecule has 1 fully saturated rings. The van der Waals surface area contributed by atoms with Crippen LogP contribution in [-0.2, 0) is 3.79 Å². The lowest BCUT2D eigenvalue weighted by atomic mass is 10.5. The van der Waals surface area contributed by atoms with E-state index in [2.05, 4.69) is 10.9 Å². The lowest BCUT2D eigenvalue weighted by molar-refractivity contribution is 0.238. The highest BCUT2D eigenvalue weighted by molar-refractivity contribution is 6.23. The van der Waals surface area contributed by atoms with Gasteiger partial charge in [0.15, 0.2) is 0 Å². The SMILES string of the molecule is C[N]1CCC[O][AlH]1. The molecule has 3 heteroatoms. The smallest absolute Gasteiger partial charge is 0.491 e. The van der Waals surface area contributed by atoms with Crippen LogP contribution in [0.5, 0.6) is 0 Å². The highest BCUT2D eigenvalue weighted by atomic mass is 27.1. The quantitative estimate of drug-likeness (QED) is 0.398. The fraction of sp³-hybridized carbons (Fsp3) is 1.00. The Morgan fingerprint density at radius 2 is 2.57 bits per heavy atom. The van der Waals surface area contributed by atoms with Crippen LogP contribution >= 0.6 is 0 Å². The summed E-state index contributed by atoms with van der Waals surface area (Å²) >= 11 is -0.234. The Kier molecular flexibility index (Phi) is 2.14. The Bertz CT molecular complexity index is 53.7. The maximum absolute atomic E-state index is 5.25. The van der Waals surface area contributed by atoms with Crippen LogP contribution in [0.1, 0.15) is 6.42 Å². The summed E-state index contributed by atoms with van der Waals surface area (Å²) in [5.41, 5.74) is 0. The van der Waals surface area contributed by atoms with Crippen LogP contribution in [0.25, 0.3) is 0 Å². The number of rotatable bonds is 0. The van der Waals surface area contributed by atoms with Crippen molar-refractivity contribution in [2.75, 3.05) is 20.2 Å². The molecular formula is C4H10AlNO. The van der Waals surface area contributed by atoms with Gasteiger partial charge in [-0.2, -0.15) is 0 Å². The molecule has 0 amide bonds. The van der Waals surface area contributed by atoms with E-state index >= 15 is 0 Å². The van der Waals surface area contributed by atoms with Gasteiger partial charge in [-0.25, -0.2) is 0 Å². The molecule has 0 spiro atoms. The molecule has 0 atom stereocenters. The molecule has 0 aromatic heterocycles. The zero-order chi connectivity index (χ0) is 5.11. The molecule has 0 N–H and O–H groups in total. The zero-order valence-electron chi connectivity index (χ0n) is 4.68. The average molecular weight is 115 g/mol. The van der Waals surface area contributed by atoms with E-state index < -0.39 is 0 Å². The highest BCUT2D eigenvalue weighted by Gasteiger charge is 2.07. The molecule has 40 valence electrons. The van der Waals surface area contributed by atoms with Gasteiger partial charge in [-0.1, -0.05) is 0 Å². The highest BCUT2D eigenvalue weighted by Crippen LogP contribution is 1.92. The summed E-state index contributed by atoms with van der Waals surface area (Å²) in [4.78, 5) is 0. The third-order valence-corrected chi connectivity index (χ3v) is 2.37. The summed E-state index contributed by atoms with van der Waals surface area (Å²) < 4.78 is 7.56. The summed E-state index contributed by atoms with van der Waals surface area (Å²) in [5.74, 6) is 0. The summed E-state index contributed by atoms with van der Waals surface area (Å²) in [7, 11) is 2.13. The standard InChI is InChI=1S/C4H9NO.Al.H/c1-5-3-2-4-6;;/h2-4H2,1H3;;/q-2;+2;. The third kappa shape index (κ3) is 1.79. The van der Waals surface area contributed by atoms with E-state index in [1.165, 1.54) is 13.0 Å². The predicted molar refractivity (Wildman–Crippen MR) is 30.3 cm³/mol. The fourth-order valence-electron chi connectivity index (χ4n) is 0.721. The Hall–Kier alpha value is 0.452. The topological polar surface area (TPSA) is 12.5 Å². The van der Waals surface area contributed by atoms with Crippen molar-refractivity contribution >= 4 is 15.8 Å². The largest absolute Gasteiger partial charge is 0.554 e. The molecule has 1 aliphatic rings. The molecule has 0 bridgehead atoms. The van der Waals surface area contributed by atoms with E-state index in [0.29, 0.717) is 0 Å². The number of nitrogens with zero attached hydrogens (tertiary/aromatic N) is 1. The Labute approximate surface area is 50.7 Å². The van der Waals surface area contributed by atoms with Crippen LogP contribution in [0, 0.1) is 0 Å². The molecule has 0 saturated carbocycles. The molecule has 1 rings (SSSR count). The molecule has 1 aliphatic heterocycles. The van der Waals surface area contributed by atoms with E-state index in [1.807, 2.05) is 0 Å². The number of hydrogen-bond donors (Lipinski definition) is 0. The molecular weight excluding hydrogens is 105 g/mol. The Morgan fingerprint density at radius 1 is 1.71 bits per heavy atom. The van der Waals surface area contributed by atoms with E-state index in [-0.39, 0.29) is 15.8 Å². The molecule has 1 saturated heterocycles. The molecule has 2 nitrogen and oxygen atoms in total. The molecule has 1 heterocycles. The van der Waals surface area contributed by atoms with Gasteiger partial charge in [0.05, 0.1) is 0 Å². The van der Waals surface area contributed by atoms with E-state index in [4.69, 9.17) is 3.79 Å². The van der Waals surface area contributed by atoms with E-state index in [1.54, 1.807) is 0 Å². The van der Waals surface area contributed by atoms with Crippen molar-refractivity contribution in [3.63, 3.8) is 0 Å². The first-order valence-corrected chi connectivity index (χ1v) is 3.87. The van der Waals surface area contributed by atoms with Crippen LogP contribution in [0.4, 0.5) is 0 Å². The zero-order valence-corrected chi connectivity index (χ0v) is 6.10. The van der Waals surface area contributed by atoms with Crippen molar-refractivity contribution in [2.24, 2.45) is 0 Å². The van der Waals surface area contributed by atoms with Gasteiger partial charge in [0.2, 0.25) is 0 Å². The number of hydrogen-bond acceptors (Lipinski definition) is 2. The second-order valence-electron chi connectivity index (χ2n) is 1.97. The molecule has 7 heavy (non-hydrogen) atoms. The van der Waals surface area contributed by atoms with Crippen molar-refractivity contribution in [1.82, 2.24) is 3.88 Å². The van der Waals surface area contributed by atoms with Gasteiger partial charge in [0.25, 0.3) is 0 Å². The molecule has 0 unspecified atom stereocenters. The Balaban J connectivity index is 2.12. The van der Waals surface area contributed by atoms with Crippen molar-refractivity contribution in [3.8, 4) is 0 Å². The van der Waals surface area contributed by atoms with Crippen LogP contribution in [0.15, 0.2) is 0 Å². The summed E-state index contributed by atoms with van der Waals surface area (Å²) in [6.45, 7) is 2.27. The molecule has 0 radical (unpaired) electrons. The minimum absolute atomic E-state index is 0.234. The summed E-state index contributed by atoms with van der Waals surface area (Å²) in [6, 6.07) is 0. The van der Waals surface area contributed by atoms with Crippen LogP contribution < -0.4 is 0 Å². The monoisotopic (exact) mass is 115 g/mol. The minimum atomic E-state index is -0.234.